The van der Waals surface area contributed by atoms with Gasteiger partial charge >= 0.3 is 0 Å². The Hall–Kier alpha value is -2.66. The Morgan fingerprint density at radius 2 is 1.87 bits per heavy atom. The van der Waals surface area contributed by atoms with Crippen LogP contribution >= 0.6 is 11.6 Å². The lowest BCUT2D eigenvalue weighted by molar-refractivity contribution is 0.102. The van der Waals surface area contributed by atoms with Gasteiger partial charge in [0.05, 0.1) is 17.1 Å². The van der Waals surface area contributed by atoms with E-state index in [1.807, 2.05) is 0 Å². The zero-order valence-electron chi connectivity index (χ0n) is 12.0. The first-order chi connectivity index (χ1) is 11.1. The number of aromatic nitrogens is 2. The Balaban J connectivity index is 1.69. The molecule has 4 nitrogen and oxygen atoms in total. The molecule has 0 radical (unpaired) electrons. The molecule has 0 saturated carbocycles. The first kappa shape index (κ1) is 15.2. The van der Waals surface area contributed by atoms with Crippen molar-refractivity contribution in [3.05, 3.63) is 82.8 Å². The zero-order valence-corrected chi connectivity index (χ0v) is 12.8. The summed E-state index contributed by atoms with van der Waals surface area (Å²) in [5, 5.41) is 7.35. The smallest absolute Gasteiger partial charge is 0.258 e. The lowest BCUT2D eigenvalue weighted by Gasteiger charge is -2.04. The largest absolute Gasteiger partial charge is 0.305 e. The lowest BCUT2D eigenvalue weighted by Crippen LogP contribution is -2.13. The van der Waals surface area contributed by atoms with Gasteiger partial charge in [0.1, 0.15) is 5.82 Å². The summed E-state index contributed by atoms with van der Waals surface area (Å²) in [5.41, 5.74) is 1.31. The third kappa shape index (κ3) is 3.76. The van der Waals surface area contributed by atoms with Gasteiger partial charge in [-0.3, -0.25) is 9.48 Å². The fourth-order valence-corrected chi connectivity index (χ4v) is 2.34. The van der Waals surface area contributed by atoms with E-state index in [0.29, 0.717) is 22.9 Å². The van der Waals surface area contributed by atoms with E-state index in [1.165, 1.54) is 12.1 Å². The lowest BCUT2D eigenvalue weighted by atomic mass is 10.2. The Morgan fingerprint density at radius 3 is 2.61 bits per heavy atom. The highest BCUT2D eigenvalue weighted by atomic mass is 35.5. The number of rotatable bonds is 4. The van der Waals surface area contributed by atoms with Gasteiger partial charge in [0.25, 0.3) is 5.91 Å². The maximum atomic E-state index is 12.9. The van der Waals surface area contributed by atoms with Crippen LogP contribution in [0.2, 0.25) is 5.02 Å². The topological polar surface area (TPSA) is 46.9 Å². The van der Waals surface area contributed by atoms with Gasteiger partial charge in [0.2, 0.25) is 0 Å². The van der Waals surface area contributed by atoms with Crippen LogP contribution in [0.5, 0.6) is 0 Å². The molecule has 0 unspecified atom stereocenters. The molecule has 0 saturated heterocycles. The molecule has 23 heavy (non-hydrogen) atoms. The van der Waals surface area contributed by atoms with Crippen LogP contribution in [0.25, 0.3) is 0 Å². The van der Waals surface area contributed by atoms with E-state index in [4.69, 9.17) is 11.6 Å². The fourth-order valence-electron chi connectivity index (χ4n) is 2.12. The number of carbonyl (C=O) groups is 1. The highest BCUT2D eigenvalue weighted by molar-refractivity contribution is 6.34. The average Bonchev–Trinajstić information content (AvgIpc) is 2.97. The quantitative estimate of drug-likeness (QED) is 0.787. The second-order valence-corrected chi connectivity index (χ2v) is 5.37. The highest BCUT2D eigenvalue weighted by Crippen LogP contribution is 2.16. The van der Waals surface area contributed by atoms with Gasteiger partial charge in [-0.25, -0.2) is 4.39 Å². The molecule has 0 fully saturated rings. The Labute approximate surface area is 137 Å². The van der Waals surface area contributed by atoms with Crippen LogP contribution in [0.1, 0.15) is 15.9 Å². The predicted octanol–water partition coefficient (Wildman–Crippen LogP) is 3.98. The maximum absolute atomic E-state index is 12.9. The predicted molar refractivity (Wildman–Crippen MR) is 87.1 cm³/mol. The Bertz CT molecular complexity index is 830. The highest BCUT2D eigenvalue weighted by Gasteiger charge is 2.11. The SMILES string of the molecule is O=C(Nc1ccn(Cc2ccc(F)cc2)n1)c1ccccc1Cl. The third-order valence-electron chi connectivity index (χ3n) is 3.26. The first-order valence-electron chi connectivity index (χ1n) is 6.95. The van der Waals surface area contributed by atoms with Crippen LogP contribution in [0, 0.1) is 5.82 Å². The molecule has 0 atom stereocenters. The van der Waals surface area contributed by atoms with Crippen LogP contribution in [0.3, 0.4) is 0 Å². The molecule has 1 amide bonds. The van der Waals surface area contributed by atoms with Gasteiger partial charge in [0, 0.05) is 12.3 Å². The van der Waals surface area contributed by atoms with Crippen molar-refractivity contribution in [2.75, 3.05) is 5.32 Å². The van der Waals surface area contributed by atoms with E-state index in [0.717, 1.165) is 5.56 Å². The second kappa shape index (κ2) is 6.62. The molecule has 3 aromatic rings. The van der Waals surface area contributed by atoms with Crippen LogP contribution in [0.4, 0.5) is 10.2 Å². The van der Waals surface area contributed by atoms with Crippen LogP contribution in [-0.2, 0) is 6.54 Å². The molecule has 0 bridgehead atoms. The molecule has 0 aliphatic heterocycles. The first-order valence-corrected chi connectivity index (χ1v) is 7.33. The monoisotopic (exact) mass is 329 g/mol. The van der Waals surface area contributed by atoms with E-state index in [2.05, 4.69) is 10.4 Å². The number of nitrogens with zero attached hydrogens (tertiary/aromatic N) is 2. The number of carbonyl (C=O) groups excluding carboxylic acids is 1. The summed E-state index contributed by atoms with van der Waals surface area (Å²) >= 11 is 5.99. The van der Waals surface area contributed by atoms with Gasteiger partial charge in [-0.15, -0.1) is 0 Å². The van der Waals surface area contributed by atoms with Crippen LogP contribution < -0.4 is 5.32 Å². The van der Waals surface area contributed by atoms with Crippen molar-refractivity contribution in [3.63, 3.8) is 0 Å². The van der Waals surface area contributed by atoms with E-state index >= 15 is 0 Å². The molecule has 1 heterocycles. The summed E-state index contributed by atoms with van der Waals surface area (Å²) in [6.45, 7) is 0.488. The molecule has 0 spiro atoms. The van der Waals surface area contributed by atoms with E-state index in [1.54, 1.807) is 53.3 Å². The molecule has 1 aromatic heterocycles. The third-order valence-corrected chi connectivity index (χ3v) is 3.59. The van der Waals surface area contributed by atoms with Crippen molar-refractivity contribution >= 4 is 23.3 Å². The molecule has 6 heteroatoms. The van der Waals surface area contributed by atoms with Crippen molar-refractivity contribution in [1.82, 2.24) is 9.78 Å². The average molecular weight is 330 g/mol. The number of benzene rings is 2. The fraction of sp³-hybridized carbons (Fsp3) is 0.0588. The normalized spacial score (nSPS) is 10.5. The summed E-state index contributed by atoms with van der Waals surface area (Å²) < 4.78 is 14.5. The summed E-state index contributed by atoms with van der Waals surface area (Å²) in [5.74, 6) is -0.165. The molecule has 3 rings (SSSR count). The van der Waals surface area contributed by atoms with Gasteiger partial charge in [-0.1, -0.05) is 35.9 Å². The number of amides is 1. The Morgan fingerprint density at radius 1 is 1.13 bits per heavy atom. The van der Waals surface area contributed by atoms with Crippen LogP contribution in [-0.4, -0.2) is 15.7 Å². The number of anilines is 1. The molecule has 116 valence electrons. The van der Waals surface area contributed by atoms with Gasteiger partial charge in [-0.2, -0.15) is 5.10 Å². The molecular formula is C17H13ClFN3O. The van der Waals surface area contributed by atoms with Crippen molar-refractivity contribution in [1.29, 1.82) is 0 Å². The summed E-state index contributed by atoms with van der Waals surface area (Å²) in [7, 11) is 0. The van der Waals surface area contributed by atoms with Gasteiger partial charge < -0.3 is 5.32 Å². The molecule has 0 aliphatic carbocycles. The van der Waals surface area contributed by atoms with Crippen molar-refractivity contribution in [3.8, 4) is 0 Å². The second-order valence-electron chi connectivity index (χ2n) is 4.96. The molecule has 1 N–H and O–H groups in total. The van der Waals surface area contributed by atoms with Crippen LogP contribution in [0.15, 0.2) is 60.8 Å². The van der Waals surface area contributed by atoms with E-state index in [-0.39, 0.29) is 11.7 Å². The number of halogens is 2. The molecule has 2 aromatic carbocycles. The maximum Gasteiger partial charge on any atom is 0.258 e. The van der Waals surface area contributed by atoms with Crippen molar-refractivity contribution in [2.45, 2.75) is 6.54 Å². The molecular weight excluding hydrogens is 317 g/mol. The van der Waals surface area contributed by atoms with Crippen molar-refractivity contribution < 1.29 is 9.18 Å². The van der Waals surface area contributed by atoms with Gasteiger partial charge in [-0.05, 0) is 29.8 Å². The van der Waals surface area contributed by atoms with E-state index in [9.17, 15) is 9.18 Å². The summed E-state index contributed by atoms with van der Waals surface area (Å²) in [6, 6.07) is 14.7. The Kier molecular flexibility index (Phi) is 4.39. The number of hydrogen-bond acceptors (Lipinski definition) is 2. The summed E-state index contributed by atoms with van der Waals surface area (Å²) in [4.78, 5) is 12.2. The zero-order chi connectivity index (χ0) is 16.2. The minimum Gasteiger partial charge on any atom is -0.305 e. The van der Waals surface area contributed by atoms with E-state index < -0.39 is 0 Å². The molecule has 0 aliphatic rings. The van der Waals surface area contributed by atoms with Gasteiger partial charge in [0.15, 0.2) is 5.82 Å². The number of nitrogens with one attached hydrogen (secondary N) is 1. The van der Waals surface area contributed by atoms with Crippen molar-refractivity contribution in [2.24, 2.45) is 0 Å². The minimum atomic E-state index is -0.317. The summed E-state index contributed by atoms with van der Waals surface area (Å²) in [6.07, 6.45) is 1.74. The standard InChI is InChI=1S/C17H13ClFN3O/c18-15-4-2-1-3-14(15)17(23)20-16-9-10-22(21-16)11-12-5-7-13(19)8-6-12/h1-10H,11H2,(H,20,21,23). The minimum absolute atomic E-state index is 0.276. The number of hydrogen-bond donors (Lipinski definition) is 1.